The lowest BCUT2D eigenvalue weighted by Crippen LogP contribution is -2.53. The van der Waals surface area contributed by atoms with E-state index in [1.165, 1.54) is 6.07 Å². The van der Waals surface area contributed by atoms with Gasteiger partial charge in [-0.1, -0.05) is 38.0 Å². The van der Waals surface area contributed by atoms with Crippen molar-refractivity contribution in [1.29, 1.82) is 0 Å². The Balaban J connectivity index is 1.87. The van der Waals surface area contributed by atoms with Gasteiger partial charge >= 0.3 is 0 Å². The third-order valence-electron chi connectivity index (χ3n) is 4.59. The molecule has 0 bridgehead atoms. The number of halogens is 1. The Kier molecular flexibility index (Phi) is 5.34. The first-order valence-corrected chi connectivity index (χ1v) is 7.82. The van der Waals surface area contributed by atoms with Gasteiger partial charge in [0, 0.05) is 12.5 Å². The standard InChI is InChI=1S/C17H25FN2O/c1-13(8-9-14-6-2-3-7-15(14)18)16(21)20-17(12-19)10-4-5-11-17/h2-3,6-7,13H,4-5,8-12,19H2,1H3,(H,20,21). The summed E-state index contributed by atoms with van der Waals surface area (Å²) in [6.07, 6.45) is 5.41. The van der Waals surface area contributed by atoms with Gasteiger partial charge in [-0.2, -0.15) is 0 Å². The number of hydrogen-bond acceptors (Lipinski definition) is 2. The van der Waals surface area contributed by atoms with E-state index in [0.29, 0.717) is 24.9 Å². The molecule has 1 aromatic carbocycles. The molecule has 1 aromatic rings. The second kappa shape index (κ2) is 7.03. The van der Waals surface area contributed by atoms with Crippen LogP contribution in [0.3, 0.4) is 0 Å². The topological polar surface area (TPSA) is 55.1 Å². The lowest BCUT2D eigenvalue weighted by molar-refractivity contribution is -0.126. The molecule has 1 unspecified atom stereocenters. The molecule has 0 radical (unpaired) electrons. The summed E-state index contributed by atoms with van der Waals surface area (Å²) in [6.45, 7) is 2.40. The van der Waals surface area contributed by atoms with Gasteiger partial charge < -0.3 is 11.1 Å². The Morgan fingerprint density at radius 1 is 1.38 bits per heavy atom. The first-order chi connectivity index (χ1) is 10.1. The molecule has 3 N–H and O–H groups in total. The zero-order valence-electron chi connectivity index (χ0n) is 12.7. The van der Waals surface area contributed by atoms with E-state index in [1.54, 1.807) is 12.1 Å². The van der Waals surface area contributed by atoms with Gasteiger partial charge in [-0.05, 0) is 37.3 Å². The van der Waals surface area contributed by atoms with Crippen LogP contribution in [0.4, 0.5) is 4.39 Å². The molecule has 1 atom stereocenters. The van der Waals surface area contributed by atoms with Crippen molar-refractivity contribution in [3.05, 3.63) is 35.6 Å². The number of amides is 1. The third-order valence-corrected chi connectivity index (χ3v) is 4.59. The average molecular weight is 292 g/mol. The van der Waals surface area contributed by atoms with Crippen LogP contribution in [0.2, 0.25) is 0 Å². The van der Waals surface area contributed by atoms with Crippen LogP contribution < -0.4 is 11.1 Å². The summed E-state index contributed by atoms with van der Waals surface area (Å²) in [5.41, 5.74) is 6.31. The molecule has 4 heteroatoms. The number of nitrogens with one attached hydrogen (secondary N) is 1. The number of benzene rings is 1. The Labute approximate surface area is 126 Å². The zero-order chi connectivity index (χ0) is 15.3. The van der Waals surface area contributed by atoms with Crippen molar-refractivity contribution in [3.8, 4) is 0 Å². The fourth-order valence-electron chi connectivity index (χ4n) is 3.02. The normalized spacial score (nSPS) is 18.4. The quantitative estimate of drug-likeness (QED) is 0.847. The van der Waals surface area contributed by atoms with Crippen LogP contribution in [0.5, 0.6) is 0 Å². The van der Waals surface area contributed by atoms with Crippen LogP contribution in [0, 0.1) is 11.7 Å². The second-order valence-electron chi connectivity index (χ2n) is 6.21. The molecule has 0 heterocycles. The smallest absolute Gasteiger partial charge is 0.223 e. The SMILES string of the molecule is CC(CCc1ccccc1F)C(=O)NC1(CN)CCCC1. The van der Waals surface area contributed by atoms with E-state index in [1.807, 2.05) is 13.0 Å². The minimum absolute atomic E-state index is 0.0405. The Morgan fingerprint density at radius 2 is 2.05 bits per heavy atom. The molecule has 0 spiro atoms. The molecular weight excluding hydrogens is 267 g/mol. The van der Waals surface area contributed by atoms with Crippen LogP contribution in [0.25, 0.3) is 0 Å². The van der Waals surface area contributed by atoms with Gasteiger partial charge in [0.25, 0.3) is 0 Å². The van der Waals surface area contributed by atoms with Crippen LogP contribution in [0.15, 0.2) is 24.3 Å². The van der Waals surface area contributed by atoms with Crippen molar-refractivity contribution in [2.45, 2.75) is 51.0 Å². The highest BCUT2D eigenvalue weighted by molar-refractivity contribution is 5.79. The molecule has 1 aliphatic carbocycles. The van der Waals surface area contributed by atoms with Gasteiger partial charge in [0.1, 0.15) is 5.82 Å². The molecule has 1 fully saturated rings. The average Bonchev–Trinajstić information content (AvgIpc) is 2.95. The molecule has 1 saturated carbocycles. The van der Waals surface area contributed by atoms with Crippen molar-refractivity contribution >= 4 is 5.91 Å². The van der Waals surface area contributed by atoms with Crippen LogP contribution in [-0.4, -0.2) is 18.0 Å². The van der Waals surface area contributed by atoms with E-state index < -0.39 is 0 Å². The third kappa shape index (κ3) is 4.03. The fraction of sp³-hybridized carbons (Fsp3) is 0.588. The summed E-state index contributed by atoms with van der Waals surface area (Å²) in [7, 11) is 0. The number of nitrogens with two attached hydrogens (primary N) is 1. The van der Waals surface area contributed by atoms with Crippen molar-refractivity contribution in [3.63, 3.8) is 0 Å². The minimum atomic E-state index is -0.205. The Hall–Kier alpha value is -1.42. The van der Waals surface area contributed by atoms with Crippen LogP contribution in [-0.2, 0) is 11.2 Å². The maximum Gasteiger partial charge on any atom is 0.223 e. The molecule has 2 rings (SSSR count). The van der Waals surface area contributed by atoms with E-state index >= 15 is 0 Å². The monoisotopic (exact) mass is 292 g/mol. The van der Waals surface area contributed by atoms with E-state index in [2.05, 4.69) is 5.32 Å². The molecule has 1 amide bonds. The van der Waals surface area contributed by atoms with E-state index in [-0.39, 0.29) is 23.2 Å². The van der Waals surface area contributed by atoms with Gasteiger partial charge in [0.2, 0.25) is 5.91 Å². The largest absolute Gasteiger partial charge is 0.349 e. The van der Waals surface area contributed by atoms with E-state index in [9.17, 15) is 9.18 Å². The molecule has 21 heavy (non-hydrogen) atoms. The first kappa shape index (κ1) is 16.0. The highest BCUT2D eigenvalue weighted by Crippen LogP contribution is 2.29. The summed E-state index contributed by atoms with van der Waals surface area (Å²) in [5.74, 6) is -0.286. The first-order valence-electron chi connectivity index (χ1n) is 7.82. The highest BCUT2D eigenvalue weighted by atomic mass is 19.1. The van der Waals surface area contributed by atoms with Gasteiger partial charge in [-0.3, -0.25) is 4.79 Å². The van der Waals surface area contributed by atoms with E-state index in [0.717, 1.165) is 25.7 Å². The summed E-state index contributed by atoms with van der Waals surface area (Å²) in [5, 5.41) is 3.14. The van der Waals surface area contributed by atoms with Gasteiger partial charge in [0.05, 0.1) is 5.54 Å². The molecule has 116 valence electrons. The van der Waals surface area contributed by atoms with Crippen molar-refractivity contribution in [1.82, 2.24) is 5.32 Å². The summed E-state index contributed by atoms with van der Waals surface area (Å²) >= 11 is 0. The number of carbonyl (C=O) groups is 1. The Bertz CT molecular complexity index is 483. The van der Waals surface area contributed by atoms with E-state index in [4.69, 9.17) is 5.73 Å². The van der Waals surface area contributed by atoms with Crippen LogP contribution in [0.1, 0.15) is 44.6 Å². The molecule has 0 saturated heterocycles. The second-order valence-corrected chi connectivity index (χ2v) is 6.21. The molecular formula is C17H25FN2O. The Morgan fingerprint density at radius 3 is 2.67 bits per heavy atom. The number of rotatable bonds is 6. The predicted molar refractivity (Wildman–Crippen MR) is 82.3 cm³/mol. The lowest BCUT2D eigenvalue weighted by atomic mass is 9.94. The number of carbonyl (C=O) groups excluding carboxylic acids is 1. The van der Waals surface area contributed by atoms with Gasteiger partial charge in [0.15, 0.2) is 0 Å². The summed E-state index contributed by atoms with van der Waals surface area (Å²) in [4.78, 5) is 12.3. The predicted octanol–water partition coefficient (Wildman–Crippen LogP) is 2.78. The summed E-state index contributed by atoms with van der Waals surface area (Å²) < 4.78 is 13.6. The zero-order valence-corrected chi connectivity index (χ0v) is 12.7. The van der Waals surface area contributed by atoms with Crippen LogP contribution >= 0.6 is 0 Å². The number of hydrogen-bond donors (Lipinski definition) is 2. The lowest BCUT2D eigenvalue weighted by Gasteiger charge is -2.30. The summed E-state index contributed by atoms with van der Waals surface area (Å²) in [6, 6.07) is 6.74. The molecule has 3 nitrogen and oxygen atoms in total. The molecule has 0 aromatic heterocycles. The fourth-order valence-corrected chi connectivity index (χ4v) is 3.02. The maximum atomic E-state index is 13.6. The molecule has 1 aliphatic rings. The number of aryl methyl sites for hydroxylation is 1. The highest BCUT2D eigenvalue weighted by Gasteiger charge is 2.34. The van der Waals surface area contributed by atoms with Crippen molar-refractivity contribution in [2.24, 2.45) is 11.7 Å². The van der Waals surface area contributed by atoms with Gasteiger partial charge in [-0.15, -0.1) is 0 Å². The maximum absolute atomic E-state index is 13.6. The van der Waals surface area contributed by atoms with Crippen molar-refractivity contribution < 1.29 is 9.18 Å². The van der Waals surface area contributed by atoms with Gasteiger partial charge in [-0.25, -0.2) is 4.39 Å². The minimum Gasteiger partial charge on any atom is -0.349 e. The van der Waals surface area contributed by atoms with Crippen molar-refractivity contribution in [2.75, 3.05) is 6.54 Å². The molecule has 0 aliphatic heterocycles.